The van der Waals surface area contributed by atoms with Crippen LogP contribution in [0.25, 0.3) is 0 Å². The highest BCUT2D eigenvalue weighted by Gasteiger charge is 2.14. The molecule has 78 valence electrons. The first-order chi connectivity index (χ1) is 6.54. The van der Waals surface area contributed by atoms with E-state index in [-0.39, 0.29) is 10.7 Å². The van der Waals surface area contributed by atoms with Crippen LogP contribution in [0.15, 0.2) is 10.7 Å². The number of carboxylic acids is 1. The first-order valence-electron chi connectivity index (χ1n) is 4.08. The molecule has 0 aliphatic rings. The molecule has 0 fully saturated rings. The molecule has 1 aromatic heterocycles. The van der Waals surface area contributed by atoms with Gasteiger partial charge in [0.2, 0.25) is 0 Å². The van der Waals surface area contributed by atoms with Crippen molar-refractivity contribution in [3.8, 4) is 0 Å². The Morgan fingerprint density at radius 2 is 2.07 bits per heavy atom. The number of pyridine rings is 1. The second kappa shape index (κ2) is 5.98. The molecular weight excluding hydrogens is 269 g/mol. The molecule has 3 nitrogen and oxygen atoms in total. The number of hydrogen-bond donors (Lipinski definition) is 1. The van der Waals surface area contributed by atoms with E-state index < -0.39 is 5.97 Å². The van der Waals surface area contributed by atoms with Crippen molar-refractivity contribution in [2.24, 2.45) is 0 Å². The number of rotatable bonds is 1. The highest BCUT2D eigenvalue weighted by Crippen LogP contribution is 2.23. The minimum Gasteiger partial charge on any atom is -0.478 e. The summed E-state index contributed by atoms with van der Waals surface area (Å²) in [5.74, 6) is -1.01. The van der Waals surface area contributed by atoms with Crippen LogP contribution in [0.1, 0.15) is 29.8 Å². The monoisotopic (exact) mass is 279 g/mol. The number of aromatic nitrogens is 1. The van der Waals surface area contributed by atoms with Crippen LogP contribution in [0.3, 0.4) is 0 Å². The number of aromatic carboxylic acids is 1. The van der Waals surface area contributed by atoms with Gasteiger partial charge in [-0.25, -0.2) is 9.78 Å². The Morgan fingerprint density at radius 3 is 2.43 bits per heavy atom. The number of carbonyl (C=O) groups is 1. The highest BCUT2D eigenvalue weighted by atomic mass is 79.9. The summed E-state index contributed by atoms with van der Waals surface area (Å²) in [5.41, 5.74) is 0.633. The third-order valence-corrected chi connectivity index (χ3v) is 2.41. The molecule has 0 saturated heterocycles. The molecule has 1 N–H and O–H groups in total. The van der Waals surface area contributed by atoms with Crippen LogP contribution in [0.2, 0.25) is 5.15 Å². The zero-order valence-corrected chi connectivity index (χ0v) is 10.5. The zero-order valence-electron chi connectivity index (χ0n) is 8.14. The van der Waals surface area contributed by atoms with Gasteiger partial charge >= 0.3 is 5.97 Å². The second-order valence-electron chi connectivity index (χ2n) is 2.20. The van der Waals surface area contributed by atoms with E-state index in [1.807, 2.05) is 13.8 Å². The van der Waals surface area contributed by atoms with Crippen molar-refractivity contribution in [3.63, 3.8) is 0 Å². The summed E-state index contributed by atoms with van der Waals surface area (Å²) in [6.45, 7) is 5.61. The molecule has 1 rings (SSSR count). The summed E-state index contributed by atoms with van der Waals surface area (Å²) >= 11 is 8.71. The molecule has 0 unspecified atom stereocenters. The molecule has 14 heavy (non-hydrogen) atoms. The maximum atomic E-state index is 10.7. The van der Waals surface area contributed by atoms with Gasteiger partial charge in [-0.15, -0.1) is 0 Å². The zero-order chi connectivity index (χ0) is 11.3. The summed E-state index contributed by atoms with van der Waals surface area (Å²) in [7, 11) is 0. The third kappa shape index (κ3) is 2.96. The van der Waals surface area contributed by atoms with E-state index in [4.69, 9.17) is 16.7 Å². The smallest absolute Gasteiger partial charge is 0.337 e. The number of hydrogen-bond acceptors (Lipinski definition) is 2. The lowest BCUT2D eigenvalue weighted by Crippen LogP contribution is -2.02. The van der Waals surface area contributed by atoms with Crippen LogP contribution in [0.5, 0.6) is 0 Å². The van der Waals surface area contributed by atoms with Crippen molar-refractivity contribution in [1.82, 2.24) is 4.98 Å². The van der Waals surface area contributed by atoms with Crippen LogP contribution in [-0.4, -0.2) is 16.1 Å². The summed E-state index contributed by atoms with van der Waals surface area (Å²) in [6.07, 6.45) is 1.37. The molecular formula is C9H11BrClNO2. The quantitative estimate of drug-likeness (QED) is 0.801. The summed E-state index contributed by atoms with van der Waals surface area (Å²) in [5, 5.41) is 8.97. The van der Waals surface area contributed by atoms with Crippen molar-refractivity contribution in [2.45, 2.75) is 20.8 Å². The van der Waals surface area contributed by atoms with E-state index in [1.54, 1.807) is 6.92 Å². The number of carboxylic acid groups (broad SMARTS) is 1. The van der Waals surface area contributed by atoms with Gasteiger partial charge in [0.15, 0.2) is 0 Å². The Labute approximate surface area is 96.2 Å². The van der Waals surface area contributed by atoms with E-state index in [1.165, 1.54) is 6.20 Å². The van der Waals surface area contributed by atoms with Gasteiger partial charge in [0.1, 0.15) is 5.15 Å². The SMILES string of the molecule is CC.Cc1c(Cl)ncc(Br)c1C(=O)O. The maximum absolute atomic E-state index is 10.7. The van der Waals surface area contributed by atoms with Gasteiger partial charge in [-0.05, 0) is 22.9 Å². The lowest BCUT2D eigenvalue weighted by atomic mass is 10.2. The van der Waals surface area contributed by atoms with Crippen molar-refractivity contribution in [1.29, 1.82) is 0 Å². The van der Waals surface area contributed by atoms with Gasteiger partial charge < -0.3 is 5.11 Å². The van der Waals surface area contributed by atoms with Crippen LogP contribution < -0.4 is 0 Å². The van der Waals surface area contributed by atoms with Crippen LogP contribution >= 0.6 is 27.5 Å². The third-order valence-electron chi connectivity index (χ3n) is 1.43. The van der Waals surface area contributed by atoms with E-state index >= 15 is 0 Å². The molecule has 0 aliphatic heterocycles. The van der Waals surface area contributed by atoms with Gasteiger partial charge in [-0.2, -0.15) is 0 Å². The molecule has 0 bridgehead atoms. The average molecular weight is 281 g/mol. The standard InChI is InChI=1S/C7H5BrClNO2.C2H6/c1-3-5(7(11)12)4(8)2-10-6(3)9;1-2/h2H,1H3,(H,11,12);1-2H3. The first kappa shape index (κ1) is 13.4. The summed E-state index contributed by atoms with van der Waals surface area (Å²) < 4.78 is 0.442. The molecule has 1 aromatic rings. The molecule has 0 spiro atoms. The fourth-order valence-electron chi connectivity index (χ4n) is 0.820. The fraction of sp³-hybridized carbons (Fsp3) is 0.333. The Kier molecular flexibility index (Phi) is 5.72. The number of nitrogens with zero attached hydrogens (tertiary/aromatic N) is 1. The fourth-order valence-corrected chi connectivity index (χ4v) is 1.53. The molecule has 0 saturated carbocycles. The molecule has 5 heteroatoms. The second-order valence-corrected chi connectivity index (χ2v) is 3.41. The first-order valence-corrected chi connectivity index (χ1v) is 5.25. The molecule has 0 aromatic carbocycles. The Hall–Kier alpha value is -0.610. The Morgan fingerprint density at radius 1 is 1.57 bits per heavy atom. The predicted octanol–water partition coefficient (Wildman–Crippen LogP) is 3.53. The minimum atomic E-state index is -1.01. The van der Waals surface area contributed by atoms with Crippen LogP contribution in [-0.2, 0) is 0 Å². The summed E-state index contributed by atoms with van der Waals surface area (Å²) in [6, 6.07) is 0. The molecule has 0 amide bonds. The topological polar surface area (TPSA) is 50.2 Å². The van der Waals surface area contributed by atoms with Crippen molar-refractivity contribution >= 4 is 33.5 Å². The highest BCUT2D eigenvalue weighted by molar-refractivity contribution is 9.10. The maximum Gasteiger partial charge on any atom is 0.337 e. The van der Waals surface area contributed by atoms with Gasteiger partial charge in [0.05, 0.1) is 10.0 Å². The Balaban J connectivity index is 0.000000791. The van der Waals surface area contributed by atoms with Gasteiger partial charge in [-0.3, -0.25) is 0 Å². The van der Waals surface area contributed by atoms with Crippen molar-refractivity contribution in [3.05, 3.63) is 26.9 Å². The lowest BCUT2D eigenvalue weighted by Gasteiger charge is -2.03. The van der Waals surface area contributed by atoms with E-state index in [0.717, 1.165) is 0 Å². The lowest BCUT2D eigenvalue weighted by molar-refractivity contribution is 0.0695. The molecule has 0 aliphatic carbocycles. The van der Waals surface area contributed by atoms with Gasteiger partial charge in [-0.1, -0.05) is 25.4 Å². The van der Waals surface area contributed by atoms with Crippen molar-refractivity contribution in [2.75, 3.05) is 0 Å². The largest absolute Gasteiger partial charge is 0.478 e. The van der Waals surface area contributed by atoms with Gasteiger partial charge in [0, 0.05) is 11.8 Å². The predicted molar refractivity (Wildman–Crippen MR) is 60.0 cm³/mol. The summed E-state index contributed by atoms with van der Waals surface area (Å²) in [4.78, 5) is 14.5. The molecule has 0 atom stereocenters. The van der Waals surface area contributed by atoms with Crippen molar-refractivity contribution < 1.29 is 9.90 Å². The van der Waals surface area contributed by atoms with Crippen LogP contribution in [0.4, 0.5) is 0 Å². The van der Waals surface area contributed by atoms with E-state index in [2.05, 4.69) is 20.9 Å². The molecule has 1 heterocycles. The van der Waals surface area contributed by atoms with E-state index in [0.29, 0.717) is 10.0 Å². The number of halogens is 2. The Bertz CT molecular complexity index is 342. The molecule has 0 radical (unpaired) electrons. The average Bonchev–Trinajstić information content (AvgIpc) is 2.15. The minimum absolute atomic E-state index is 0.162. The van der Waals surface area contributed by atoms with Crippen LogP contribution in [0, 0.1) is 6.92 Å². The van der Waals surface area contributed by atoms with Gasteiger partial charge in [0.25, 0.3) is 0 Å². The normalized spacial score (nSPS) is 8.93. The van der Waals surface area contributed by atoms with E-state index in [9.17, 15) is 4.79 Å².